The van der Waals surface area contributed by atoms with Crippen molar-refractivity contribution in [2.24, 2.45) is 0 Å². The van der Waals surface area contributed by atoms with Crippen molar-refractivity contribution in [2.75, 3.05) is 32.7 Å². The Morgan fingerprint density at radius 3 is 2.57 bits per heavy atom. The Kier molecular flexibility index (Phi) is 6.39. The molecule has 2 rings (SSSR count). The molecular formula is C18H28FN3O. The van der Waals surface area contributed by atoms with Crippen LogP contribution in [0.15, 0.2) is 24.3 Å². The third-order valence-corrected chi connectivity index (χ3v) is 4.46. The number of nitrogens with one attached hydrogen (secondary N) is 2. The number of amides is 2. The van der Waals surface area contributed by atoms with Crippen LogP contribution in [0.5, 0.6) is 0 Å². The van der Waals surface area contributed by atoms with Crippen molar-refractivity contribution >= 4 is 6.03 Å². The highest BCUT2D eigenvalue weighted by Gasteiger charge is 2.24. The molecule has 2 N–H and O–H groups in total. The van der Waals surface area contributed by atoms with Gasteiger partial charge in [0.2, 0.25) is 0 Å². The van der Waals surface area contributed by atoms with Crippen LogP contribution in [-0.2, 0) is 5.41 Å². The van der Waals surface area contributed by atoms with Crippen LogP contribution in [0.4, 0.5) is 9.18 Å². The van der Waals surface area contributed by atoms with Gasteiger partial charge in [0.1, 0.15) is 5.82 Å². The van der Waals surface area contributed by atoms with Crippen LogP contribution in [0.25, 0.3) is 0 Å². The van der Waals surface area contributed by atoms with Gasteiger partial charge in [-0.25, -0.2) is 9.18 Å². The zero-order chi connectivity index (χ0) is 16.7. The molecule has 23 heavy (non-hydrogen) atoms. The van der Waals surface area contributed by atoms with Crippen molar-refractivity contribution in [1.82, 2.24) is 15.5 Å². The first-order valence-electron chi connectivity index (χ1n) is 8.48. The van der Waals surface area contributed by atoms with Gasteiger partial charge in [0.25, 0.3) is 0 Å². The van der Waals surface area contributed by atoms with Crippen LogP contribution in [0.3, 0.4) is 0 Å². The number of benzene rings is 1. The molecule has 1 aliphatic rings. The quantitative estimate of drug-likeness (QED) is 0.846. The molecule has 1 aliphatic heterocycles. The third kappa shape index (κ3) is 5.50. The topological polar surface area (TPSA) is 44.4 Å². The zero-order valence-electron chi connectivity index (χ0n) is 14.2. The summed E-state index contributed by atoms with van der Waals surface area (Å²) < 4.78 is 13.9. The van der Waals surface area contributed by atoms with Crippen LogP contribution in [0.1, 0.15) is 38.7 Å². The molecule has 0 aliphatic carbocycles. The Labute approximate surface area is 138 Å². The number of carbonyl (C=O) groups is 1. The highest BCUT2D eigenvalue weighted by atomic mass is 19.1. The fraction of sp³-hybridized carbons (Fsp3) is 0.611. The lowest BCUT2D eigenvalue weighted by Crippen LogP contribution is -2.45. The number of urea groups is 1. The highest BCUT2D eigenvalue weighted by molar-refractivity contribution is 5.73. The first kappa shape index (κ1) is 17.7. The summed E-state index contributed by atoms with van der Waals surface area (Å²) in [5, 5.41) is 5.73. The fourth-order valence-electron chi connectivity index (χ4n) is 2.98. The maximum atomic E-state index is 13.9. The predicted octanol–water partition coefficient (Wildman–Crippen LogP) is 2.89. The summed E-state index contributed by atoms with van der Waals surface area (Å²) in [6.07, 6.45) is 3.82. The van der Waals surface area contributed by atoms with E-state index >= 15 is 0 Å². The Morgan fingerprint density at radius 1 is 1.17 bits per heavy atom. The molecular weight excluding hydrogens is 293 g/mol. The molecule has 0 atom stereocenters. The van der Waals surface area contributed by atoms with Crippen molar-refractivity contribution in [3.63, 3.8) is 0 Å². The largest absolute Gasteiger partial charge is 0.337 e. The molecule has 128 valence electrons. The Bertz CT molecular complexity index is 513. The Hall–Kier alpha value is -1.62. The standard InChI is InChI=1S/C18H28FN3O/c1-18(2,15-8-4-5-9-16(15)19)14-21-17(23)20-10-13-22-11-6-3-7-12-22/h4-5,8-9H,3,6-7,10-14H2,1-2H3,(H2,20,21,23). The van der Waals surface area contributed by atoms with E-state index in [2.05, 4.69) is 15.5 Å². The molecule has 1 saturated heterocycles. The molecule has 1 aromatic carbocycles. The maximum Gasteiger partial charge on any atom is 0.314 e. The van der Waals surface area contributed by atoms with Gasteiger partial charge in [-0.2, -0.15) is 0 Å². The van der Waals surface area contributed by atoms with Crippen LogP contribution >= 0.6 is 0 Å². The van der Waals surface area contributed by atoms with Crippen molar-refractivity contribution in [1.29, 1.82) is 0 Å². The molecule has 2 amide bonds. The zero-order valence-corrected chi connectivity index (χ0v) is 14.2. The van der Waals surface area contributed by atoms with E-state index in [1.54, 1.807) is 12.1 Å². The average Bonchev–Trinajstić information content (AvgIpc) is 2.54. The SMILES string of the molecule is CC(C)(CNC(=O)NCCN1CCCCC1)c1ccccc1F. The fourth-order valence-corrected chi connectivity index (χ4v) is 2.98. The normalized spacial score (nSPS) is 16.1. The number of hydrogen-bond donors (Lipinski definition) is 2. The van der Waals surface area contributed by atoms with Gasteiger partial charge in [0, 0.05) is 25.0 Å². The van der Waals surface area contributed by atoms with Crippen molar-refractivity contribution < 1.29 is 9.18 Å². The number of likely N-dealkylation sites (tertiary alicyclic amines) is 1. The minimum Gasteiger partial charge on any atom is -0.337 e. The lowest BCUT2D eigenvalue weighted by molar-refractivity contribution is 0.219. The van der Waals surface area contributed by atoms with Gasteiger partial charge in [0.15, 0.2) is 0 Å². The summed E-state index contributed by atoms with van der Waals surface area (Å²) >= 11 is 0. The maximum absolute atomic E-state index is 13.9. The lowest BCUT2D eigenvalue weighted by Gasteiger charge is -2.27. The second kappa shape index (κ2) is 8.29. The molecule has 0 unspecified atom stereocenters. The number of hydrogen-bond acceptors (Lipinski definition) is 2. The second-order valence-electron chi connectivity index (χ2n) is 6.88. The Balaban J connectivity index is 1.72. The van der Waals surface area contributed by atoms with E-state index in [0.717, 1.165) is 19.6 Å². The monoisotopic (exact) mass is 321 g/mol. The van der Waals surface area contributed by atoms with E-state index in [9.17, 15) is 9.18 Å². The number of carbonyl (C=O) groups excluding carboxylic acids is 1. The average molecular weight is 321 g/mol. The second-order valence-corrected chi connectivity index (χ2v) is 6.88. The van der Waals surface area contributed by atoms with Gasteiger partial charge in [0.05, 0.1) is 0 Å². The first-order valence-corrected chi connectivity index (χ1v) is 8.48. The number of halogens is 1. The summed E-state index contributed by atoms with van der Waals surface area (Å²) in [6, 6.07) is 6.53. The number of rotatable bonds is 6. The summed E-state index contributed by atoms with van der Waals surface area (Å²) in [4.78, 5) is 14.3. The molecule has 0 bridgehead atoms. The van der Waals surface area contributed by atoms with Gasteiger partial charge >= 0.3 is 6.03 Å². The van der Waals surface area contributed by atoms with E-state index < -0.39 is 5.41 Å². The van der Waals surface area contributed by atoms with E-state index in [-0.39, 0.29) is 11.8 Å². The molecule has 1 aromatic rings. The summed E-state index contributed by atoms with van der Waals surface area (Å²) in [5.74, 6) is -0.232. The van der Waals surface area contributed by atoms with E-state index in [0.29, 0.717) is 18.7 Å². The van der Waals surface area contributed by atoms with E-state index in [4.69, 9.17) is 0 Å². The van der Waals surface area contributed by atoms with Crippen LogP contribution < -0.4 is 10.6 Å². The number of piperidine rings is 1. The minimum absolute atomic E-state index is 0.188. The predicted molar refractivity (Wildman–Crippen MR) is 91.1 cm³/mol. The molecule has 4 nitrogen and oxygen atoms in total. The molecule has 5 heteroatoms. The highest BCUT2D eigenvalue weighted by Crippen LogP contribution is 2.24. The summed E-state index contributed by atoms with van der Waals surface area (Å²) in [7, 11) is 0. The van der Waals surface area contributed by atoms with Gasteiger partial charge < -0.3 is 15.5 Å². The van der Waals surface area contributed by atoms with Gasteiger partial charge in [-0.05, 0) is 37.6 Å². The summed E-state index contributed by atoms with van der Waals surface area (Å²) in [6.45, 7) is 8.05. The van der Waals surface area contributed by atoms with Crippen LogP contribution in [0, 0.1) is 5.82 Å². The molecule has 0 spiro atoms. The minimum atomic E-state index is -0.449. The van der Waals surface area contributed by atoms with Gasteiger partial charge in [-0.1, -0.05) is 38.5 Å². The van der Waals surface area contributed by atoms with E-state index in [1.807, 2.05) is 19.9 Å². The van der Waals surface area contributed by atoms with Crippen molar-refractivity contribution in [2.45, 2.75) is 38.5 Å². The third-order valence-electron chi connectivity index (χ3n) is 4.46. The number of nitrogens with zero attached hydrogens (tertiary/aromatic N) is 1. The summed E-state index contributed by atoms with van der Waals surface area (Å²) in [5.41, 5.74) is 0.170. The molecule has 0 saturated carbocycles. The van der Waals surface area contributed by atoms with Crippen LogP contribution in [0.2, 0.25) is 0 Å². The van der Waals surface area contributed by atoms with Gasteiger partial charge in [-0.3, -0.25) is 0 Å². The van der Waals surface area contributed by atoms with Crippen molar-refractivity contribution in [3.05, 3.63) is 35.6 Å². The van der Waals surface area contributed by atoms with Crippen molar-refractivity contribution in [3.8, 4) is 0 Å². The first-order chi connectivity index (χ1) is 11.0. The molecule has 0 radical (unpaired) electrons. The van der Waals surface area contributed by atoms with E-state index in [1.165, 1.54) is 25.3 Å². The molecule has 1 heterocycles. The Morgan fingerprint density at radius 2 is 1.87 bits per heavy atom. The van der Waals surface area contributed by atoms with Crippen LogP contribution in [-0.4, -0.2) is 43.7 Å². The smallest absolute Gasteiger partial charge is 0.314 e. The lowest BCUT2D eigenvalue weighted by atomic mass is 9.84. The molecule has 1 fully saturated rings. The molecule has 0 aromatic heterocycles. The van der Waals surface area contributed by atoms with Gasteiger partial charge in [-0.15, -0.1) is 0 Å².